The van der Waals surface area contributed by atoms with Crippen molar-refractivity contribution in [2.75, 3.05) is 35.0 Å². The first kappa shape index (κ1) is 23.3. The van der Waals surface area contributed by atoms with Crippen LogP contribution in [-0.2, 0) is 14.3 Å². The largest absolute Gasteiger partial charge is 0.497 e. The minimum absolute atomic E-state index is 0.265. The molecular weight excluding hydrogens is 406 g/mol. The summed E-state index contributed by atoms with van der Waals surface area (Å²) in [6, 6.07) is 9.43. The van der Waals surface area contributed by atoms with Gasteiger partial charge < -0.3 is 23.7 Å². The van der Waals surface area contributed by atoms with Crippen LogP contribution in [0.4, 0.5) is 0 Å². The lowest BCUT2D eigenvalue weighted by molar-refractivity contribution is -0.143. The third kappa shape index (κ3) is 6.49. The lowest BCUT2D eigenvalue weighted by atomic mass is 10.1. The zero-order valence-electron chi connectivity index (χ0n) is 17.6. The molecule has 9 nitrogen and oxygen atoms in total. The summed E-state index contributed by atoms with van der Waals surface area (Å²) in [6.45, 7) is -0.617. The Morgan fingerprint density at radius 3 is 2.03 bits per heavy atom. The van der Waals surface area contributed by atoms with Crippen molar-refractivity contribution in [3.63, 3.8) is 0 Å². The van der Waals surface area contributed by atoms with Gasteiger partial charge in [-0.25, -0.2) is 4.79 Å². The number of carbonyl (C=O) groups is 3. The first-order chi connectivity index (χ1) is 14.9. The predicted octanol–water partition coefficient (Wildman–Crippen LogP) is 2.23. The van der Waals surface area contributed by atoms with Gasteiger partial charge in [-0.2, -0.15) is 0 Å². The van der Waals surface area contributed by atoms with Gasteiger partial charge in [0, 0.05) is 23.3 Å². The van der Waals surface area contributed by atoms with E-state index in [1.54, 1.807) is 24.3 Å². The second-order valence-corrected chi connectivity index (χ2v) is 6.00. The zero-order valence-corrected chi connectivity index (χ0v) is 17.6. The molecule has 0 bridgehead atoms. The Bertz CT molecular complexity index is 966. The van der Waals surface area contributed by atoms with E-state index in [4.69, 9.17) is 23.7 Å². The Labute approximate surface area is 179 Å². The van der Waals surface area contributed by atoms with Gasteiger partial charge in [-0.3, -0.25) is 14.9 Å². The van der Waals surface area contributed by atoms with Crippen molar-refractivity contribution in [3.05, 3.63) is 53.6 Å². The maximum Gasteiger partial charge on any atom is 0.331 e. The number of amides is 2. The van der Waals surface area contributed by atoms with Crippen molar-refractivity contribution in [2.45, 2.75) is 0 Å². The Hall–Kier alpha value is -4.01. The van der Waals surface area contributed by atoms with E-state index in [2.05, 4.69) is 5.32 Å². The lowest BCUT2D eigenvalue weighted by Gasteiger charge is -2.12. The van der Waals surface area contributed by atoms with Crippen LogP contribution in [-0.4, -0.2) is 52.8 Å². The molecule has 2 aromatic carbocycles. The third-order valence-corrected chi connectivity index (χ3v) is 4.09. The molecule has 0 unspecified atom stereocenters. The third-order valence-electron chi connectivity index (χ3n) is 4.09. The molecule has 0 heterocycles. The van der Waals surface area contributed by atoms with Crippen molar-refractivity contribution in [1.82, 2.24) is 5.32 Å². The van der Waals surface area contributed by atoms with Crippen LogP contribution in [0.3, 0.4) is 0 Å². The van der Waals surface area contributed by atoms with Crippen LogP contribution >= 0.6 is 0 Å². The monoisotopic (exact) mass is 429 g/mol. The molecule has 2 amide bonds. The summed E-state index contributed by atoms with van der Waals surface area (Å²) in [5.74, 6) is -0.200. The Kier molecular flexibility index (Phi) is 8.44. The van der Waals surface area contributed by atoms with Crippen LogP contribution in [0, 0.1) is 0 Å². The quantitative estimate of drug-likeness (QED) is 0.477. The van der Waals surface area contributed by atoms with Gasteiger partial charge in [0.2, 0.25) is 0 Å². The average Bonchev–Trinajstić information content (AvgIpc) is 2.80. The molecule has 31 heavy (non-hydrogen) atoms. The van der Waals surface area contributed by atoms with Gasteiger partial charge in [0.1, 0.15) is 11.5 Å². The number of nitrogens with one attached hydrogen (secondary N) is 1. The highest BCUT2D eigenvalue weighted by Crippen LogP contribution is 2.35. The number of ether oxygens (including phenoxy) is 5. The molecule has 0 aliphatic rings. The molecule has 9 heteroatoms. The highest BCUT2D eigenvalue weighted by molar-refractivity contribution is 6.05. The Balaban J connectivity index is 1.93. The van der Waals surface area contributed by atoms with Crippen LogP contribution in [0.15, 0.2) is 42.5 Å². The number of hydrogen-bond donors (Lipinski definition) is 1. The molecular formula is C22H23NO8. The average molecular weight is 429 g/mol. The molecule has 164 valence electrons. The summed E-state index contributed by atoms with van der Waals surface area (Å²) in [4.78, 5) is 35.8. The molecule has 0 atom stereocenters. The summed E-state index contributed by atoms with van der Waals surface area (Å²) >= 11 is 0. The SMILES string of the molecule is COc1ccc(C(=O)NC(=O)COC(=O)/C=C/c2cc(OC)c(OC)cc2OC)cc1. The minimum atomic E-state index is -0.774. The predicted molar refractivity (Wildman–Crippen MR) is 112 cm³/mol. The molecule has 2 aromatic rings. The topological polar surface area (TPSA) is 109 Å². The molecule has 0 saturated heterocycles. The van der Waals surface area contributed by atoms with Crippen molar-refractivity contribution >= 4 is 23.9 Å². The van der Waals surface area contributed by atoms with Crippen LogP contribution in [0.5, 0.6) is 23.0 Å². The first-order valence-corrected chi connectivity index (χ1v) is 9.04. The van der Waals surface area contributed by atoms with Crippen molar-refractivity contribution in [2.24, 2.45) is 0 Å². The van der Waals surface area contributed by atoms with E-state index in [9.17, 15) is 14.4 Å². The summed E-state index contributed by atoms with van der Waals surface area (Å²) in [5, 5.41) is 2.14. The fourth-order valence-electron chi connectivity index (χ4n) is 2.50. The Morgan fingerprint density at radius 1 is 0.839 bits per heavy atom. The zero-order chi connectivity index (χ0) is 22.8. The highest BCUT2D eigenvalue weighted by Gasteiger charge is 2.13. The number of esters is 1. The van der Waals surface area contributed by atoms with E-state index in [1.807, 2.05) is 0 Å². The van der Waals surface area contributed by atoms with Gasteiger partial charge in [-0.05, 0) is 36.4 Å². The normalized spacial score (nSPS) is 10.3. The molecule has 0 aromatic heterocycles. The standard InChI is InChI=1S/C22H23NO8/c1-27-16-8-5-14(6-9-16)22(26)23-20(24)13-31-21(25)10-7-15-11-18(29-3)19(30-4)12-17(15)28-2/h5-12H,13H2,1-4H3,(H,23,24,26)/b10-7+. The van der Waals surface area contributed by atoms with E-state index in [0.29, 0.717) is 28.6 Å². The highest BCUT2D eigenvalue weighted by atomic mass is 16.5. The lowest BCUT2D eigenvalue weighted by Crippen LogP contribution is -2.34. The molecule has 0 fully saturated rings. The number of benzene rings is 2. The van der Waals surface area contributed by atoms with Gasteiger partial charge >= 0.3 is 5.97 Å². The van der Waals surface area contributed by atoms with E-state index in [0.717, 1.165) is 6.08 Å². The van der Waals surface area contributed by atoms with Gasteiger partial charge in [-0.1, -0.05) is 0 Å². The molecule has 2 rings (SSSR count). The molecule has 1 N–H and O–H groups in total. The molecule has 0 saturated carbocycles. The van der Waals surface area contributed by atoms with Crippen LogP contribution in [0.25, 0.3) is 6.08 Å². The number of imide groups is 1. The van der Waals surface area contributed by atoms with E-state index in [1.165, 1.54) is 46.6 Å². The molecule has 0 aliphatic carbocycles. The van der Waals surface area contributed by atoms with E-state index >= 15 is 0 Å². The number of rotatable bonds is 9. The fourth-order valence-corrected chi connectivity index (χ4v) is 2.50. The van der Waals surface area contributed by atoms with Crippen molar-refractivity contribution < 1.29 is 38.1 Å². The molecule has 0 radical (unpaired) electrons. The molecule has 0 spiro atoms. The number of hydrogen-bond acceptors (Lipinski definition) is 8. The number of carbonyl (C=O) groups excluding carboxylic acids is 3. The summed E-state index contributed by atoms with van der Waals surface area (Å²) < 4.78 is 25.6. The maximum absolute atomic E-state index is 12.0. The summed E-state index contributed by atoms with van der Waals surface area (Å²) in [6.07, 6.45) is 2.58. The minimum Gasteiger partial charge on any atom is -0.497 e. The molecule has 0 aliphatic heterocycles. The fraction of sp³-hybridized carbons (Fsp3) is 0.227. The van der Waals surface area contributed by atoms with Crippen LogP contribution in [0.2, 0.25) is 0 Å². The van der Waals surface area contributed by atoms with Gasteiger partial charge in [-0.15, -0.1) is 0 Å². The van der Waals surface area contributed by atoms with Crippen LogP contribution < -0.4 is 24.3 Å². The van der Waals surface area contributed by atoms with Gasteiger partial charge in [0.05, 0.1) is 28.4 Å². The summed E-state index contributed by atoms with van der Waals surface area (Å²) in [5.41, 5.74) is 0.803. The second-order valence-electron chi connectivity index (χ2n) is 6.00. The summed E-state index contributed by atoms with van der Waals surface area (Å²) in [7, 11) is 5.95. The second kappa shape index (κ2) is 11.2. The maximum atomic E-state index is 12.0. The van der Waals surface area contributed by atoms with Crippen molar-refractivity contribution in [3.8, 4) is 23.0 Å². The first-order valence-electron chi connectivity index (χ1n) is 9.04. The van der Waals surface area contributed by atoms with Crippen LogP contribution in [0.1, 0.15) is 15.9 Å². The van der Waals surface area contributed by atoms with E-state index in [-0.39, 0.29) is 5.56 Å². The van der Waals surface area contributed by atoms with Crippen molar-refractivity contribution in [1.29, 1.82) is 0 Å². The smallest absolute Gasteiger partial charge is 0.331 e. The van der Waals surface area contributed by atoms with Gasteiger partial charge in [0.15, 0.2) is 18.1 Å². The van der Waals surface area contributed by atoms with Gasteiger partial charge in [0.25, 0.3) is 11.8 Å². The Morgan fingerprint density at radius 2 is 1.45 bits per heavy atom. The number of methoxy groups -OCH3 is 4. The van der Waals surface area contributed by atoms with E-state index < -0.39 is 24.4 Å².